The van der Waals surface area contributed by atoms with Crippen LogP contribution in [-0.2, 0) is 0 Å². The van der Waals surface area contributed by atoms with Gasteiger partial charge in [-0.25, -0.2) is 0 Å². The summed E-state index contributed by atoms with van der Waals surface area (Å²) >= 11 is 0. The van der Waals surface area contributed by atoms with E-state index in [0.717, 1.165) is 17.2 Å². The molecule has 1 aliphatic heterocycles. The quantitative estimate of drug-likeness (QED) is 0.924. The van der Waals surface area contributed by atoms with Gasteiger partial charge in [0.2, 0.25) is 0 Å². The number of nitrogens with zero attached hydrogens (tertiary/aromatic N) is 2. The van der Waals surface area contributed by atoms with Crippen molar-refractivity contribution in [3.05, 3.63) is 48.0 Å². The van der Waals surface area contributed by atoms with E-state index in [9.17, 15) is 9.90 Å². The van der Waals surface area contributed by atoms with Crippen LogP contribution in [0.25, 0.3) is 0 Å². The number of ether oxygens (including phenoxy) is 2. The van der Waals surface area contributed by atoms with Crippen molar-refractivity contribution < 1.29 is 19.4 Å². The van der Waals surface area contributed by atoms with E-state index in [4.69, 9.17) is 9.47 Å². The van der Waals surface area contributed by atoms with Gasteiger partial charge in [-0.3, -0.25) is 4.79 Å². The number of benzene rings is 2. The van der Waals surface area contributed by atoms with E-state index in [2.05, 4.69) is 4.90 Å². The van der Waals surface area contributed by atoms with Crippen LogP contribution in [0.1, 0.15) is 10.4 Å². The van der Waals surface area contributed by atoms with Crippen molar-refractivity contribution in [3.8, 4) is 17.2 Å². The molecule has 1 heterocycles. The Labute approximate surface area is 147 Å². The molecule has 0 aliphatic carbocycles. The Hall–Kier alpha value is -2.89. The van der Waals surface area contributed by atoms with Crippen molar-refractivity contribution in [2.24, 2.45) is 0 Å². The molecule has 1 N–H and O–H groups in total. The van der Waals surface area contributed by atoms with Crippen molar-refractivity contribution in [2.75, 3.05) is 45.3 Å². The number of anilines is 1. The number of piperazine rings is 1. The van der Waals surface area contributed by atoms with Crippen LogP contribution >= 0.6 is 0 Å². The van der Waals surface area contributed by atoms with Gasteiger partial charge in [-0.1, -0.05) is 0 Å². The summed E-state index contributed by atoms with van der Waals surface area (Å²) in [5.74, 6) is 1.71. The molecule has 1 amide bonds. The Bertz CT molecular complexity index is 738. The maximum absolute atomic E-state index is 12.6. The second-order valence-electron chi connectivity index (χ2n) is 5.86. The van der Waals surface area contributed by atoms with Gasteiger partial charge in [0.1, 0.15) is 17.2 Å². The lowest BCUT2D eigenvalue weighted by Gasteiger charge is -2.36. The summed E-state index contributed by atoms with van der Waals surface area (Å²) in [7, 11) is 3.29. The van der Waals surface area contributed by atoms with Gasteiger partial charge in [-0.2, -0.15) is 0 Å². The van der Waals surface area contributed by atoms with E-state index in [-0.39, 0.29) is 11.7 Å². The minimum atomic E-state index is -0.0164. The summed E-state index contributed by atoms with van der Waals surface area (Å²) in [6.45, 7) is 2.68. The van der Waals surface area contributed by atoms with E-state index in [1.54, 1.807) is 26.4 Å². The lowest BCUT2D eigenvalue weighted by molar-refractivity contribution is 0.0746. The van der Waals surface area contributed by atoms with Crippen LogP contribution in [0.2, 0.25) is 0 Å². The SMILES string of the molecule is COc1ccc(OC)c(N2CCN(C(=O)c3ccc(O)cc3)CC2)c1. The number of carbonyl (C=O) groups excluding carboxylic acids is 1. The second-order valence-corrected chi connectivity index (χ2v) is 5.86. The average Bonchev–Trinajstić information content (AvgIpc) is 2.67. The zero-order valence-corrected chi connectivity index (χ0v) is 14.4. The topological polar surface area (TPSA) is 62.2 Å². The number of phenols is 1. The molecule has 3 rings (SSSR count). The first-order valence-corrected chi connectivity index (χ1v) is 8.17. The molecule has 2 aromatic rings. The van der Waals surface area contributed by atoms with Crippen molar-refractivity contribution in [1.29, 1.82) is 0 Å². The predicted molar refractivity (Wildman–Crippen MR) is 95.8 cm³/mol. The second kappa shape index (κ2) is 7.34. The molecule has 1 aliphatic rings. The zero-order valence-electron chi connectivity index (χ0n) is 14.4. The Morgan fingerprint density at radius 2 is 1.64 bits per heavy atom. The first kappa shape index (κ1) is 17.0. The highest BCUT2D eigenvalue weighted by Crippen LogP contribution is 2.33. The van der Waals surface area contributed by atoms with Gasteiger partial charge >= 0.3 is 0 Å². The highest BCUT2D eigenvalue weighted by Gasteiger charge is 2.24. The summed E-state index contributed by atoms with van der Waals surface area (Å²) < 4.78 is 10.8. The molecule has 6 heteroatoms. The minimum absolute atomic E-state index is 0.0164. The monoisotopic (exact) mass is 342 g/mol. The first-order valence-electron chi connectivity index (χ1n) is 8.17. The standard InChI is InChI=1S/C19H22N2O4/c1-24-16-7-8-18(25-2)17(13-16)20-9-11-21(12-10-20)19(23)14-3-5-15(22)6-4-14/h3-8,13,22H,9-12H2,1-2H3. The number of hydrogen-bond donors (Lipinski definition) is 1. The van der Waals surface area contributed by atoms with Gasteiger partial charge in [0.25, 0.3) is 5.91 Å². The summed E-state index contributed by atoms with van der Waals surface area (Å²) in [5.41, 5.74) is 1.56. The van der Waals surface area contributed by atoms with E-state index in [0.29, 0.717) is 31.7 Å². The van der Waals surface area contributed by atoms with Gasteiger partial charge in [0.15, 0.2) is 0 Å². The fourth-order valence-electron chi connectivity index (χ4n) is 2.98. The summed E-state index contributed by atoms with van der Waals surface area (Å²) in [6, 6.07) is 12.1. The number of amides is 1. The Morgan fingerprint density at radius 3 is 2.24 bits per heavy atom. The summed E-state index contributed by atoms with van der Waals surface area (Å²) in [4.78, 5) is 16.6. The molecule has 25 heavy (non-hydrogen) atoms. The van der Waals surface area contributed by atoms with E-state index in [1.165, 1.54) is 12.1 Å². The molecule has 0 radical (unpaired) electrons. The highest BCUT2D eigenvalue weighted by atomic mass is 16.5. The molecular formula is C19H22N2O4. The normalized spacial score (nSPS) is 14.3. The number of rotatable bonds is 4. The average molecular weight is 342 g/mol. The number of phenolic OH excluding ortho intramolecular Hbond substituents is 1. The van der Waals surface area contributed by atoms with Crippen molar-refractivity contribution in [1.82, 2.24) is 4.90 Å². The highest BCUT2D eigenvalue weighted by molar-refractivity contribution is 5.94. The molecule has 0 saturated carbocycles. The molecule has 1 saturated heterocycles. The molecule has 0 aromatic heterocycles. The van der Waals surface area contributed by atoms with Crippen molar-refractivity contribution in [3.63, 3.8) is 0 Å². The minimum Gasteiger partial charge on any atom is -0.508 e. The number of carbonyl (C=O) groups is 1. The molecule has 0 unspecified atom stereocenters. The van der Waals surface area contributed by atoms with Crippen LogP contribution in [0.5, 0.6) is 17.2 Å². The third-order valence-electron chi connectivity index (χ3n) is 4.41. The maximum atomic E-state index is 12.6. The first-order chi connectivity index (χ1) is 12.1. The van der Waals surface area contributed by atoms with E-state index in [1.807, 2.05) is 23.1 Å². The molecule has 0 spiro atoms. The van der Waals surface area contributed by atoms with Gasteiger partial charge in [-0.05, 0) is 36.4 Å². The van der Waals surface area contributed by atoms with Gasteiger partial charge in [-0.15, -0.1) is 0 Å². The lowest BCUT2D eigenvalue weighted by Crippen LogP contribution is -2.48. The molecular weight excluding hydrogens is 320 g/mol. The van der Waals surface area contributed by atoms with E-state index < -0.39 is 0 Å². The van der Waals surface area contributed by atoms with Crippen LogP contribution in [-0.4, -0.2) is 56.3 Å². The third kappa shape index (κ3) is 3.63. The smallest absolute Gasteiger partial charge is 0.253 e. The molecule has 0 atom stereocenters. The van der Waals surface area contributed by atoms with Crippen LogP contribution < -0.4 is 14.4 Å². The molecule has 6 nitrogen and oxygen atoms in total. The Kier molecular flexibility index (Phi) is 4.97. The largest absolute Gasteiger partial charge is 0.508 e. The lowest BCUT2D eigenvalue weighted by atomic mass is 10.1. The molecule has 0 bridgehead atoms. The zero-order chi connectivity index (χ0) is 17.8. The summed E-state index contributed by atoms with van der Waals surface area (Å²) in [6.07, 6.45) is 0. The van der Waals surface area contributed by atoms with Crippen LogP contribution in [0.15, 0.2) is 42.5 Å². The van der Waals surface area contributed by atoms with Gasteiger partial charge in [0.05, 0.1) is 19.9 Å². The molecule has 1 fully saturated rings. The summed E-state index contributed by atoms with van der Waals surface area (Å²) in [5, 5.41) is 9.35. The number of methoxy groups -OCH3 is 2. The molecule has 2 aromatic carbocycles. The number of hydrogen-bond acceptors (Lipinski definition) is 5. The van der Waals surface area contributed by atoms with Crippen LogP contribution in [0.4, 0.5) is 5.69 Å². The van der Waals surface area contributed by atoms with Crippen molar-refractivity contribution in [2.45, 2.75) is 0 Å². The van der Waals surface area contributed by atoms with Gasteiger partial charge < -0.3 is 24.4 Å². The predicted octanol–water partition coefficient (Wildman–Crippen LogP) is 2.37. The third-order valence-corrected chi connectivity index (χ3v) is 4.41. The van der Waals surface area contributed by atoms with E-state index >= 15 is 0 Å². The Morgan fingerprint density at radius 1 is 0.960 bits per heavy atom. The Balaban J connectivity index is 1.69. The fraction of sp³-hybridized carbons (Fsp3) is 0.316. The van der Waals surface area contributed by atoms with Crippen molar-refractivity contribution >= 4 is 11.6 Å². The van der Waals surface area contributed by atoms with Crippen LogP contribution in [0.3, 0.4) is 0 Å². The number of aromatic hydroxyl groups is 1. The maximum Gasteiger partial charge on any atom is 0.253 e. The van der Waals surface area contributed by atoms with Crippen LogP contribution in [0, 0.1) is 0 Å². The van der Waals surface area contributed by atoms with Gasteiger partial charge in [0, 0.05) is 37.8 Å². The molecule has 132 valence electrons. The fourth-order valence-corrected chi connectivity index (χ4v) is 2.98.